The third-order valence-electron chi connectivity index (χ3n) is 5.44. The van der Waals surface area contributed by atoms with Crippen molar-refractivity contribution < 1.29 is 27.8 Å². The molecule has 1 N–H and O–H groups in total. The fourth-order valence-corrected chi connectivity index (χ4v) is 4.16. The lowest BCUT2D eigenvalue weighted by atomic mass is 10.00. The van der Waals surface area contributed by atoms with Crippen LogP contribution < -0.4 is 9.47 Å². The number of fused-ring (bicyclic) bond motifs is 1. The lowest BCUT2D eigenvalue weighted by Gasteiger charge is -2.30. The van der Waals surface area contributed by atoms with Gasteiger partial charge in [0.2, 0.25) is 0 Å². The van der Waals surface area contributed by atoms with Crippen LogP contribution >= 0.6 is 11.6 Å². The fraction of sp³-hybridized carbons (Fsp3) is 0.280. The van der Waals surface area contributed by atoms with Gasteiger partial charge in [-0.2, -0.15) is 0 Å². The third-order valence-corrected chi connectivity index (χ3v) is 5.77. The maximum absolute atomic E-state index is 12.6. The van der Waals surface area contributed by atoms with Gasteiger partial charge in [-0.05, 0) is 53.4 Å². The van der Waals surface area contributed by atoms with Crippen LogP contribution in [0.3, 0.4) is 0 Å². The molecule has 1 unspecified atom stereocenters. The van der Waals surface area contributed by atoms with Gasteiger partial charge in [0.15, 0.2) is 0 Å². The molecule has 33 heavy (non-hydrogen) atoms. The van der Waals surface area contributed by atoms with E-state index in [2.05, 4.69) is 21.8 Å². The summed E-state index contributed by atoms with van der Waals surface area (Å²) in [6.45, 7) is 2.24. The molecular formula is C25H23ClF3NO3. The maximum Gasteiger partial charge on any atom is 0.573 e. The standard InChI is InChI=1S/C25H23ClF3NO3/c26-24-9-8-22(33-25(27,28)29)13-23(24)18-6-3-7-21(12-18)32-16-20(31)15-30-11-10-17-4-1-2-5-19(17)14-30/h1-9,12-13,20,31H,10-11,14-16H2. The summed E-state index contributed by atoms with van der Waals surface area (Å²) >= 11 is 6.20. The van der Waals surface area contributed by atoms with E-state index in [1.807, 2.05) is 12.1 Å². The number of rotatable bonds is 7. The number of alkyl halides is 3. The summed E-state index contributed by atoms with van der Waals surface area (Å²) in [4.78, 5) is 2.19. The smallest absolute Gasteiger partial charge is 0.491 e. The SMILES string of the molecule is OC(COc1cccc(-c2cc(OC(F)(F)F)ccc2Cl)c1)CN1CCc2ccccc2C1. The van der Waals surface area contributed by atoms with Gasteiger partial charge in [0, 0.05) is 30.2 Å². The normalized spacial score (nSPS) is 15.1. The van der Waals surface area contributed by atoms with Gasteiger partial charge in [-0.25, -0.2) is 0 Å². The van der Waals surface area contributed by atoms with Gasteiger partial charge >= 0.3 is 6.36 Å². The number of aliphatic hydroxyl groups excluding tert-OH is 1. The Morgan fingerprint density at radius 1 is 0.970 bits per heavy atom. The van der Waals surface area contributed by atoms with Crippen molar-refractivity contribution in [2.24, 2.45) is 0 Å². The van der Waals surface area contributed by atoms with Crippen molar-refractivity contribution in [2.45, 2.75) is 25.4 Å². The minimum absolute atomic E-state index is 0.0898. The van der Waals surface area contributed by atoms with Crippen molar-refractivity contribution >= 4 is 11.6 Å². The van der Waals surface area contributed by atoms with Crippen LogP contribution in [0, 0.1) is 0 Å². The number of hydrogen-bond acceptors (Lipinski definition) is 4. The summed E-state index contributed by atoms with van der Waals surface area (Å²) < 4.78 is 47.4. The Labute approximate surface area is 195 Å². The van der Waals surface area contributed by atoms with Gasteiger partial charge < -0.3 is 14.6 Å². The second-order valence-corrected chi connectivity index (χ2v) is 8.34. The van der Waals surface area contributed by atoms with Crippen LogP contribution in [-0.2, 0) is 13.0 Å². The topological polar surface area (TPSA) is 41.9 Å². The maximum atomic E-state index is 12.6. The molecule has 3 aromatic carbocycles. The van der Waals surface area contributed by atoms with Gasteiger partial charge in [0.1, 0.15) is 24.2 Å². The molecule has 1 atom stereocenters. The van der Waals surface area contributed by atoms with Crippen LogP contribution in [-0.4, -0.2) is 42.2 Å². The Hall–Kier alpha value is -2.74. The van der Waals surface area contributed by atoms with Crippen molar-refractivity contribution in [2.75, 3.05) is 19.7 Å². The molecule has 0 radical (unpaired) electrons. The van der Waals surface area contributed by atoms with E-state index in [0.717, 1.165) is 25.6 Å². The van der Waals surface area contributed by atoms with E-state index in [4.69, 9.17) is 16.3 Å². The Bertz CT molecular complexity index is 1110. The molecule has 3 aromatic rings. The minimum atomic E-state index is -4.79. The zero-order valence-corrected chi connectivity index (χ0v) is 18.4. The number of hydrogen-bond donors (Lipinski definition) is 1. The van der Waals surface area contributed by atoms with E-state index in [1.54, 1.807) is 24.3 Å². The summed E-state index contributed by atoms with van der Waals surface area (Å²) in [5.41, 5.74) is 3.58. The Balaban J connectivity index is 1.37. The predicted molar refractivity (Wildman–Crippen MR) is 120 cm³/mol. The number of aliphatic hydroxyl groups is 1. The van der Waals surface area contributed by atoms with E-state index in [9.17, 15) is 18.3 Å². The molecule has 1 aliphatic rings. The van der Waals surface area contributed by atoms with Crippen LogP contribution in [0.15, 0.2) is 66.7 Å². The highest BCUT2D eigenvalue weighted by molar-refractivity contribution is 6.33. The van der Waals surface area contributed by atoms with Crippen LogP contribution in [0.25, 0.3) is 11.1 Å². The predicted octanol–water partition coefficient (Wildman–Crippen LogP) is 5.70. The van der Waals surface area contributed by atoms with Gasteiger partial charge in [0.25, 0.3) is 0 Å². The van der Waals surface area contributed by atoms with Crippen molar-refractivity contribution in [3.05, 3.63) is 82.9 Å². The Morgan fingerprint density at radius 3 is 2.55 bits per heavy atom. The van der Waals surface area contributed by atoms with Crippen molar-refractivity contribution in [3.8, 4) is 22.6 Å². The first kappa shape index (κ1) is 23.4. The number of halogens is 4. The fourth-order valence-electron chi connectivity index (χ4n) is 3.93. The molecule has 4 nitrogen and oxygen atoms in total. The van der Waals surface area contributed by atoms with Gasteiger partial charge in [-0.1, -0.05) is 48.0 Å². The molecule has 4 rings (SSSR count). The molecule has 0 spiro atoms. The van der Waals surface area contributed by atoms with Crippen molar-refractivity contribution in [3.63, 3.8) is 0 Å². The molecule has 1 aliphatic heterocycles. The zero-order chi connectivity index (χ0) is 23.4. The van der Waals surface area contributed by atoms with E-state index >= 15 is 0 Å². The summed E-state index contributed by atoms with van der Waals surface area (Å²) in [7, 11) is 0. The molecule has 0 aliphatic carbocycles. The van der Waals surface area contributed by atoms with E-state index < -0.39 is 12.5 Å². The monoisotopic (exact) mass is 477 g/mol. The number of ether oxygens (including phenoxy) is 2. The Kier molecular flexibility index (Phi) is 7.12. The lowest BCUT2D eigenvalue weighted by molar-refractivity contribution is -0.274. The van der Waals surface area contributed by atoms with Gasteiger partial charge in [0.05, 0.1) is 0 Å². The molecule has 1 heterocycles. The lowest BCUT2D eigenvalue weighted by Crippen LogP contribution is -2.38. The average molecular weight is 478 g/mol. The van der Waals surface area contributed by atoms with Crippen LogP contribution in [0.2, 0.25) is 5.02 Å². The summed E-state index contributed by atoms with van der Waals surface area (Å²) in [6, 6.07) is 18.9. The van der Waals surface area contributed by atoms with E-state index in [-0.39, 0.29) is 17.4 Å². The number of nitrogens with zero attached hydrogens (tertiary/aromatic N) is 1. The zero-order valence-electron chi connectivity index (χ0n) is 17.7. The molecule has 0 saturated carbocycles. The first-order valence-electron chi connectivity index (χ1n) is 10.5. The highest BCUT2D eigenvalue weighted by atomic mass is 35.5. The van der Waals surface area contributed by atoms with Crippen molar-refractivity contribution in [1.82, 2.24) is 4.90 Å². The molecule has 174 valence electrons. The van der Waals surface area contributed by atoms with Crippen molar-refractivity contribution in [1.29, 1.82) is 0 Å². The summed E-state index contributed by atoms with van der Waals surface area (Å²) in [5.74, 6) is 0.125. The average Bonchev–Trinajstić information content (AvgIpc) is 2.78. The molecular weight excluding hydrogens is 455 g/mol. The minimum Gasteiger partial charge on any atom is -0.491 e. The largest absolute Gasteiger partial charge is 0.573 e. The van der Waals surface area contributed by atoms with Gasteiger partial charge in [-0.3, -0.25) is 4.90 Å². The molecule has 0 aromatic heterocycles. The van der Waals surface area contributed by atoms with Crippen LogP contribution in [0.4, 0.5) is 13.2 Å². The number of benzene rings is 3. The molecule has 0 amide bonds. The second kappa shape index (κ2) is 10.0. The summed E-state index contributed by atoms with van der Waals surface area (Å²) in [6.07, 6.45) is -4.53. The molecule has 0 fully saturated rings. The third kappa shape index (κ3) is 6.41. The highest BCUT2D eigenvalue weighted by Gasteiger charge is 2.31. The molecule has 0 saturated heterocycles. The van der Waals surface area contributed by atoms with E-state index in [0.29, 0.717) is 23.4 Å². The number of β-amino-alcohol motifs (C(OH)–C–C–N with tert-alkyl or cyclic N) is 1. The van der Waals surface area contributed by atoms with E-state index in [1.165, 1.54) is 23.3 Å². The quantitative estimate of drug-likeness (QED) is 0.474. The van der Waals surface area contributed by atoms with Crippen LogP contribution in [0.1, 0.15) is 11.1 Å². The van der Waals surface area contributed by atoms with Crippen LogP contribution in [0.5, 0.6) is 11.5 Å². The highest BCUT2D eigenvalue weighted by Crippen LogP contribution is 2.35. The first-order chi connectivity index (χ1) is 15.8. The first-order valence-corrected chi connectivity index (χ1v) is 10.9. The Morgan fingerprint density at radius 2 is 1.76 bits per heavy atom. The second-order valence-electron chi connectivity index (χ2n) is 7.94. The molecule has 8 heteroatoms. The van der Waals surface area contributed by atoms with Gasteiger partial charge in [-0.15, -0.1) is 13.2 Å². The summed E-state index contributed by atoms with van der Waals surface area (Å²) in [5, 5.41) is 10.8. The molecule has 0 bridgehead atoms.